The zero-order valence-corrected chi connectivity index (χ0v) is 17.5. The minimum atomic E-state index is -0.426. The van der Waals surface area contributed by atoms with Crippen LogP contribution in [0.1, 0.15) is 34.6 Å². The Bertz CT molecular complexity index is 1230. The third-order valence-electron chi connectivity index (χ3n) is 4.76. The number of nitrogens with one attached hydrogen (secondary N) is 2. The molecule has 0 saturated heterocycles. The Morgan fingerprint density at radius 1 is 1.23 bits per heavy atom. The van der Waals surface area contributed by atoms with Gasteiger partial charge in [0.05, 0.1) is 22.5 Å². The van der Waals surface area contributed by atoms with E-state index in [-0.39, 0.29) is 29.3 Å². The lowest BCUT2D eigenvalue weighted by molar-refractivity contribution is 0.0951. The molecular weight excluding hydrogens is 417 g/mol. The predicted octanol–water partition coefficient (Wildman–Crippen LogP) is 4.08. The van der Waals surface area contributed by atoms with Crippen LogP contribution in [0.3, 0.4) is 0 Å². The van der Waals surface area contributed by atoms with Crippen LogP contribution in [0.5, 0.6) is 5.75 Å². The van der Waals surface area contributed by atoms with E-state index in [2.05, 4.69) is 25.6 Å². The normalized spacial score (nSPS) is 11.9. The highest BCUT2D eigenvalue weighted by Crippen LogP contribution is 2.25. The van der Waals surface area contributed by atoms with Crippen molar-refractivity contribution in [1.29, 1.82) is 0 Å². The van der Waals surface area contributed by atoms with Crippen LogP contribution in [-0.2, 0) is 6.42 Å². The van der Waals surface area contributed by atoms with Crippen LogP contribution in [-0.4, -0.2) is 32.5 Å². The van der Waals surface area contributed by atoms with Gasteiger partial charge < -0.3 is 15.7 Å². The van der Waals surface area contributed by atoms with Crippen molar-refractivity contribution < 1.29 is 14.3 Å². The summed E-state index contributed by atoms with van der Waals surface area (Å²) in [7, 11) is 0. The number of halogens is 1. The molecule has 0 aliphatic carbocycles. The molecule has 0 saturated carbocycles. The summed E-state index contributed by atoms with van der Waals surface area (Å²) in [4.78, 5) is 25.6. The highest BCUT2D eigenvalue weighted by Gasteiger charge is 2.17. The molecule has 31 heavy (non-hydrogen) atoms. The molecule has 158 valence electrons. The fourth-order valence-corrected chi connectivity index (χ4v) is 3.96. The molecule has 0 bridgehead atoms. The van der Waals surface area contributed by atoms with Gasteiger partial charge in [0.15, 0.2) is 5.69 Å². The smallest absolute Gasteiger partial charge is 0.271 e. The maximum Gasteiger partial charge on any atom is 0.271 e. The number of hydrogen-bond donors (Lipinski definition) is 3. The largest absolute Gasteiger partial charge is 0.508 e. The van der Waals surface area contributed by atoms with E-state index in [4.69, 9.17) is 0 Å². The average molecular weight is 438 g/mol. The Balaban J connectivity index is 1.51. The first-order chi connectivity index (χ1) is 15.0. The standard InChI is InChI=1S/C22H20FN5O2S/c1-13(15-10-16(23)12-24-11-15)26-22-27-17-7-9-31-20(17)19(28-22)21(30)25-8-6-14-4-2-3-5-18(14)29/h2-5,7,9-13,29H,6,8H2,1H3,(H,25,30)(H,26,27,28)/t13-/m0/s1. The summed E-state index contributed by atoms with van der Waals surface area (Å²) in [5.74, 6) is -0.279. The molecule has 0 spiro atoms. The first-order valence-corrected chi connectivity index (χ1v) is 10.6. The Hall–Kier alpha value is -3.59. The molecular formula is C22H20FN5O2S. The maximum absolute atomic E-state index is 13.5. The third kappa shape index (κ3) is 4.77. The number of carbonyl (C=O) groups excluding carboxylic acids is 1. The maximum atomic E-state index is 13.5. The predicted molar refractivity (Wildman–Crippen MR) is 118 cm³/mol. The molecule has 3 heterocycles. The zero-order chi connectivity index (χ0) is 21.8. The van der Waals surface area contributed by atoms with E-state index in [0.29, 0.717) is 28.7 Å². The van der Waals surface area contributed by atoms with Crippen molar-refractivity contribution in [3.05, 3.63) is 76.8 Å². The fourth-order valence-electron chi connectivity index (χ4n) is 3.14. The van der Waals surface area contributed by atoms with Crippen molar-refractivity contribution in [3.8, 4) is 5.75 Å². The lowest BCUT2D eigenvalue weighted by Crippen LogP contribution is -2.27. The van der Waals surface area contributed by atoms with Gasteiger partial charge in [0, 0.05) is 12.7 Å². The molecule has 0 aliphatic rings. The number of thiophene rings is 1. The van der Waals surface area contributed by atoms with E-state index < -0.39 is 5.82 Å². The second kappa shape index (κ2) is 9.05. The number of benzene rings is 1. The van der Waals surface area contributed by atoms with Gasteiger partial charge >= 0.3 is 0 Å². The quantitative estimate of drug-likeness (QED) is 0.403. The molecule has 3 aromatic heterocycles. The summed E-state index contributed by atoms with van der Waals surface area (Å²) in [6.45, 7) is 2.19. The lowest BCUT2D eigenvalue weighted by atomic mass is 10.1. The Morgan fingerprint density at radius 3 is 2.87 bits per heavy atom. The number of amides is 1. The van der Waals surface area contributed by atoms with Crippen LogP contribution >= 0.6 is 11.3 Å². The number of nitrogens with zero attached hydrogens (tertiary/aromatic N) is 3. The number of rotatable bonds is 7. The van der Waals surface area contributed by atoms with Gasteiger partial charge in [-0.25, -0.2) is 14.4 Å². The summed E-state index contributed by atoms with van der Waals surface area (Å²) in [5, 5.41) is 17.7. The monoisotopic (exact) mass is 437 g/mol. The molecule has 3 N–H and O–H groups in total. The third-order valence-corrected chi connectivity index (χ3v) is 5.67. The highest BCUT2D eigenvalue weighted by molar-refractivity contribution is 7.17. The first kappa shape index (κ1) is 20.7. The summed E-state index contributed by atoms with van der Waals surface area (Å²) >= 11 is 1.39. The molecule has 4 rings (SSSR count). The molecule has 9 heteroatoms. The van der Waals surface area contributed by atoms with Crippen molar-refractivity contribution >= 4 is 33.4 Å². The Kier molecular flexibility index (Phi) is 6.03. The fraction of sp³-hybridized carbons (Fsp3) is 0.182. The molecule has 0 aliphatic heterocycles. The summed E-state index contributed by atoms with van der Waals surface area (Å²) < 4.78 is 14.2. The van der Waals surface area contributed by atoms with Crippen molar-refractivity contribution in [1.82, 2.24) is 20.3 Å². The molecule has 4 aromatic rings. The minimum absolute atomic E-state index is 0.201. The lowest BCUT2D eigenvalue weighted by Gasteiger charge is -2.15. The molecule has 0 radical (unpaired) electrons. The highest BCUT2D eigenvalue weighted by atomic mass is 32.1. The topological polar surface area (TPSA) is 100 Å². The summed E-state index contributed by atoms with van der Waals surface area (Å²) in [6, 6.07) is 9.92. The molecule has 1 amide bonds. The van der Waals surface area contributed by atoms with Gasteiger partial charge in [-0.2, -0.15) is 0 Å². The van der Waals surface area contributed by atoms with E-state index in [1.165, 1.54) is 17.4 Å². The van der Waals surface area contributed by atoms with E-state index in [9.17, 15) is 14.3 Å². The van der Waals surface area contributed by atoms with Gasteiger partial charge in [0.1, 0.15) is 11.6 Å². The Morgan fingerprint density at radius 2 is 2.06 bits per heavy atom. The van der Waals surface area contributed by atoms with Crippen molar-refractivity contribution in [2.75, 3.05) is 11.9 Å². The second-order valence-electron chi connectivity index (χ2n) is 6.97. The van der Waals surface area contributed by atoms with Gasteiger partial charge in [-0.05, 0) is 48.1 Å². The number of pyridine rings is 1. The Labute approximate surface area is 182 Å². The van der Waals surface area contributed by atoms with Crippen LogP contribution in [0.4, 0.5) is 10.3 Å². The van der Waals surface area contributed by atoms with Crippen molar-refractivity contribution in [2.24, 2.45) is 0 Å². The molecule has 0 unspecified atom stereocenters. The zero-order valence-electron chi connectivity index (χ0n) is 16.7. The second-order valence-corrected chi connectivity index (χ2v) is 7.88. The van der Waals surface area contributed by atoms with Gasteiger partial charge in [0.25, 0.3) is 5.91 Å². The van der Waals surface area contributed by atoms with E-state index >= 15 is 0 Å². The minimum Gasteiger partial charge on any atom is -0.508 e. The van der Waals surface area contributed by atoms with E-state index in [0.717, 1.165) is 11.8 Å². The average Bonchev–Trinajstić information content (AvgIpc) is 3.23. The number of para-hydroxylation sites is 1. The molecule has 1 atom stereocenters. The van der Waals surface area contributed by atoms with Gasteiger partial charge in [-0.3, -0.25) is 9.78 Å². The summed E-state index contributed by atoms with van der Waals surface area (Å²) in [6.07, 6.45) is 3.20. The first-order valence-electron chi connectivity index (χ1n) is 9.68. The number of fused-ring (bicyclic) bond motifs is 1. The number of phenols is 1. The number of carbonyl (C=O) groups is 1. The number of aromatic nitrogens is 3. The van der Waals surface area contributed by atoms with Crippen molar-refractivity contribution in [3.63, 3.8) is 0 Å². The van der Waals surface area contributed by atoms with Gasteiger partial charge in [-0.1, -0.05) is 18.2 Å². The molecule has 1 aromatic carbocycles. The van der Waals surface area contributed by atoms with Crippen molar-refractivity contribution in [2.45, 2.75) is 19.4 Å². The number of anilines is 1. The summed E-state index contributed by atoms with van der Waals surface area (Å²) in [5.41, 5.74) is 2.32. The molecule has 0 fully saturated rings. The van der Waals surface area contributed by atoms with Gasteiger partial charge in [-0.15, -0.1) is 11.3 Å². The van der Waals surface area contributed by atoms with Crippen LogP contribution in [0.2, 0.25) is 0 Å². The van der Waals surface area contributed by atoms with Gasteiger partial charge in [0.2, 0.25) is 5.95 Å². The molecule has 7 nitrogen and oxygen atoms in total. The SMILES string of the molecule is C[C@H](Nc1nc(C(=O)NCCc2ccccc2O)c2sccc2n1)c1cncc(F)c1. The number of hydrogen-bond acceptors (Lipinski definition) is 7. The number of aromatic hydroxyl groups is 1. The van der Waals surface area contributed by atoms with E-state index in [1.54, 1.807) is 18.3 Å². The number of phenolic OH excluding ortho intramolecular Hbond substituents is 1. The van der Waals surface area contributed by atoms with Crippen LogP contribution in [0.15, 0.2) is 54.2 Å². The van der Waals surface area contributed by atoms with E-state index in [1.807, 2.05) is 30.5 Å². The van der Waals surface area contributed by atoms with Crippen LogP contribution in [0.25, 0.3) is 10.2 Å². The van der Waals surface area contributed by atoms with Crippen LogP contribution in [0, 0.1) is 5.82 Å². The van der Waals surface area contributed by atoms with Crippen LogP contribution < -0.4 is 10.6 Å².